The smallest absolute Gasteiger partial charge is 0.254 e. The van der Waals surface area contributed by atoms with Crippen LogP contribution in [0.15, 0.2) is 93.2 Å². The SMILES string of the molecule is CCOc1ccc(NC(=O)C2=C(C)NC(SCC(=O)Nc3nc4ccccc4s3)=C(C#N)[C@@H]2c2ccco2)cc1. The van der Waals surface area contributed by atoms with Crippen molar-refractivity contribution in [1.29, 1.82) is 5.26 Å². The largest absolute Gasteiger partial charge is 0.494 e. The number of hydrogen-bond acceptors (Lipinski definition) is 9. The molecular weight excluding hydrogens is 546 g/mol. The number of allylic oxidation sites excluding steroid dienone is 2. The van der Waals surface area contributed by atoms with E-state index in [1.807, 2.05) is 31.2 Å². The van der Waals surface area contributed by atoms with E-state index in [2.05, 4.69) is 27.0 Å². The molecule has 0 bridgehead atoms. The number of para-hydroxylation sites is 1. The van der Waals surface area contributed by atoms with Gasteiger partial charge < -0.3 is 25.1 Å². The van der Waals surface area contributed by atoms with Crippen LogP contribution in [0.3, 0.4) is 0 Å². The van der Waals surface area contributed by atoms with Crippen LogP contribution in [0.4, 0.5) is 10.8 Å². The van der Waals surface area contributed by atoms with Gasteiger partial charge in [0.15, 0.2) is 5.13 Å². The van der Waals surface area contributed by atoms with Crippen LogP contribution in [0.2, 0.25) is 0 Å². The minimum atomic E-state index is -0.751. The van der Waals surface area contributed by atoms with Crippen molar-refractivity contribution in [3.8, 4) is 11.8 Å². The predicted octanol–water partition coefficient (Wildman–Crippen LogP) is 5.99. The Morgan fingerprint density at radius 1 is 1.15 bits per heavy atom. The lowest BCUT2D eigenvalue weighted by molar-refractivity contribution is -0.114. The van der Waals surface area contributed by atoms with E-state index in [1.165, 1.54) is 29.4 Å². The highest BCUT2D eigenvalue weighted by molar-refractivity contribution is 8.03. The maximum Gasteiger partial charge on any atom is 0.254 e. The van der Waals surface area contributed by atoms with E-state index in [1.54, 1.807) is 43.3 Å². The first-order chi connectivity index (χ1) is 19.5. The molecule has 3 N–H and O–H groups in total. The summed E-state index contributed by atoms with van der Waals surface area (Å²) in [6, 6.07) is 20.4. The van der Waals surface area contributed by atoms with Crippen molar-refractivity contribution in [1.82, 2.24) is 10.3 Å². The molecule has 0 spiro atoms. The van der Waals surface area contributed by atoms with Crippen LogP contribution in [0.1, 0.15) is 25.5 Å². The number of nitrogens with zero attached hydrogens (tertiary/aromatic N) is 2. The molecule has 2 aromatic heterocycles. The van der Waals surface area contributed by atoms with Crippen LogP contribution >= 0.6 is 23.1 Å². The van der Waals surface area contributed by atoms with Gasteiger partial charge in [0.25, 0.3) is 5.91 Å². The number of nitrogens with one attached hydrogen (secondary N) is 3. The molecule has 3 heterocycles. The number of aromatic nitrogens is 1. The van der Waals surface area contributed by atoms with E-state index in [0.29, 0.717) is 45.2 Å². The first-order valence-corrected chi connectivity index (χ1v) is 14.2. The summed E-state index contributed by atoms with van der Waals surface area (Å²) in [7, 11) is 0. The maximum atomic E-state index is 13.5. The highest BCUT2D eigenvalue weighted by atomic mass is 32.2. The highest BCUT2D eigenvalue weighted by Gasteiger charge is 2.36. The number of furan rings is 1. The fraction of sp³-hybridized carbons (Fsp3) is 0.172. The number of benzene rings is 2. The minimum absolute atomic E-state index is 0.0370. The van der Waals surface area contributed by atoms with E-state index in [0.717, 1.165) is 10.2 Å². The Bertz CT molecular complexity index is 1620. The van der Waals surface area contributed by atoms with Gasteiger partial charge in [0.2, 0.25) is 5.91 Å². The average Bonchev–Trinajstić information content (AvgIpc) is 3.62. The van der Waals surface area contributed by atoms with Gasteiger partial charge in [-0.2, -0.15) is 5.26 Å². The number of amides is 2. The topological polar surface area (TPSA) is 129 Å². The summed E-state index contributed by atoms with van der Waals surface area (Å²) < 4.78 is 12.1. The van der Waals surface area contributed by atoms with Crippen molar-refractivity contribution >= 4 is 55.9 Å². The second kappa shape index (κ2) is 12.1. The van der Waals surface area contributed by atoms with Gasteiger partial charge in [-0.05, 0) is 62.4 Å². The molecule has 2 amide bonds. The lowest BCUT2D eigenvalue weighted by Crippen LogP contribution is -2.31. The predicted molar refractivity (Wildman–Crippen MR) is 157 cm³/mol. The molecule has 1 aliphatic heterocycles. The van der Waals surface area contributed by atoms with E-state index in [9.17, 15) is 14.9 Å². The quantitative estimate of drug-likeness (QED) is 0.223. The molecule has 0 radical (unpaired) electrons. The van der Waals surface area contributed by atoms with Crippen LogP contribution in [0.25, 0.3) is 10.2 Å². The Balaban J connectivity index is 1.34. The van der Waals surface area contributed by atoms with Gasteiger partial charge >= 0.3 is 0 Å². The average molecular weight is 572 g/mol. The number of hydrogen-bond donors (Lipinski definition) is 3. The van der Waals surface area contributed by atoms with Crippen molar-refractivity contribution in [3.05, 3.63) is 94.6 Å². The van der Waals surface area contributed by atoms with Crippen LogP contribution < -0.4 is 20.7 Å². The van der Waals surface area contributed by atoms with Crippen molar-refractivity contribution in [2.75, 3.05) is 23.0 Å². The number of fused-ring (bicyclic) bond motifs is 1. The molecule has 2 aromatic carbocycles. The molecule has 202 valence electrons. The number of anilines is 2. The van der Waals surface area contributed by atoms with E-state index in [4.69, 9.17) is 9.15 Å². The lowest BCUT2D eigenvalue weighted by Gasteiger charge is -2.28. The van der Waals surface area contributed by atoms with Gasteiger partial charge in [-0.1, -0.05) is 35.2 Å². The zero-order valence-electron chi connectivity index (χ0n) is 21.7. The number of rotatable bonds is 9. The molecule has 5 rings (SSSR count). The fourth-order valence-electron chi connectivity index (χ4n) is 4.29. The monoisotopic (exact) mass is 571 g/mol. The van der Waals surface area contributed by atoms with Crippen LogP contribution in [0.5, 0.6) is 5.75 Å². The van der Waals surface area contributed by atoms with E-state index in [-0.39, 0.29) is 23.1 Å². The second-order valence-electron chi connectivity index (χ2n) is 8.70. The molecule has 40 heavy (non-hydrogen) atoms. The zero-order chi connectivity index (χ0) is 28.1. The summed E-state index contributed by atoms with van der Waals surface area (Å²) in [5.41, 5.74) is 2.59. The number of thiazole rings is 1. The summed E-state index contributed by atoms with van der Waals surface area (Å²) in [6.07, 6.45) is 1.50. The molecule has 0 saturated heterocycles. The van der Waals surface area contributed by atoms with Crippen LogP contribution in [0, 0.1) is 11.3 Å². The van der Waals surface area contributed by atoms with Gasteiger partial charge in [0.1, 0.15) is 11.5 Å². The molecule has 0 unspecified atom stereocenters. The Kier molecular flexibility index (Phi) is 8.19. The summed E-state index contributed by atoms with van der Waals surface area (Å²) in [5.74, 6) is -0.195. The standard InChI is InChI=1S/C29H25N5O4S2/c1-3-37-19-12-10-18(11-13-19)32-27(36)25-17(2)31-28(20(15-30)26(25)22-8-6-14-38-22)39-16-24(35)34-29-33-21-7-4-5-9-23(21)40-29/h4-14,26,31H,3,16H2,1-2H3,(H,32,36)(H,33,34,35)/t26-/m1/s1. The summed E-state index contributed by atoms with van der Waals surface area (Å²) in [5, 5.41) is 20.1. The normalized spacial score (nSPS) is 15.0. The fourth-order valence-corrected chi connectivity index (χ4v) is 6.06. The molecule has 1 aliphatic rings. The molecule has 4 aromatic rings. The minimum Gasteiger partial charge on any atom is -0.494 e. The summed E-state index contributed by atoms with van der Waals surface area (Å²) in [6.45, 7) is 4.21. The Hall–Kier alpha value is -4.53. The first-order valence-electron chi connectivity index (χ1n) is 12.4. The maximum absolute atomic E-state index is 13.5. The van der Waals surface area contributed by atoms with Gasteiger partial charge in [-0.15, -0.1) is 0 Å². The molecule has 11 heteroatoms. The molecule has 0 fully saturated rings. The van der Waals surface area contributed by atoms with E-state index < -0.39 is 5.92 Å². The molecule has 9 nitrogen and oxygen atoms in total. The Labute approximate surface area is 238 Å². The molecule has 0 aliphatic carbocycles. The van der Waals surface area contributed by atoms with Gasteiger partial charge in [0.05, 0.1) is 57.0 Å². The summed E-state index contributed by atoms with van der Waals surface area (Å²) >= 11 is 2.58. The third-order valence-corrected chi connectivity index (χ3v) is 8.00. The first kappa shape index (κ1) is 27.1. The van der Waals surface area contributed by atoms with Gasteiger partial charge in [-0.3, -0.25) is 9.59 Å². The third kappa shape index (κ3) is 5.88. The number of carbonyl (C=O) groups excluding carboxylic acids is 2. The number of ether oxygens (including phenoxy) is 1. The Morgan fingerprint density at radius 2 is 1.95 bits per heavy atom. The van der Waals surface area contributed by atoms with Crippen molar-refractivity contribution in [2.24, 2.45) is 0 Å². The summed E-state index contributed by atoms with van der Waals surface area (Å²) in [4.78, 5) is 30.7. The molecule has 0 saturated carbocycles. The highest BCUT2D eigenvalue weighted by Crippen LogP contribution is 2.41. The molecule has 1 atom stereocenters. The van der Waals surface area contributed by atoms with Gasteiger partial charge in [0, 0.05) is 11.4 Å². The van der Waals surface area contributed by atoms with Crippen molar-refractivity contribution < 1.29 is 18.7 Å². The number of carbonyl (C=O) groups is 2. The lowest BCUT2D eigenvalue weighted by atomic mass is 9.85. The van der Waals surface area contributed by atoms with Crippen LogP contribution in [-0.2, 0) is 9.59 Å². The molecular formula is C29H25N5O4S2. The third-order valence-electron chi connectivity index (χ3n) is 6.03. The van der Waals surface area contributed by atoms with E-state index >= 15 is 0 Å². The van der Waals surface area contributed by atoms with Crippen molar-refractivity contribution in [3.63, 3.8) is 0 Å². The number of thioether (sulfide) groups is 1. The van der Waals surface area contributed by atoms with Crippen molar-refractivity contribution in [2.45, 2.75) is 19.8 Å². The number of dihydropyridines is 1. The number of nitriles is 1. The Morgan fingerprint density at radius 3 is 2.65 bits per heavy atom. The van der Waals surface area contributed by atoms with Crippen LogP contribution in [-0.4, -0.2) is 29.2 Å². The zero-order valence-corrected chi connectivity index (χ0v) is 23.3. The van der Waals surface area contributed by atoms with Gasteiger partial charge in [-0.25, -0.2) is 4.98 Å². The second-order valence-corrected chi connectivity index (χ2v) is 10.7.